The molecule has 0 heterocycles. The van der Waals surface area contributed by atoms with Gasteiger partial charge in [-0.05, 0) is 12.1 Å². The molecule has 0 aromatic heterocycles. The van der Waals surface area contributed by atoms with E-state index in [1.807, 2.05) is 0 Å². The van der Waals surface area contributed by atoms with E-state index in [4.69, 9.17) is 5.11 Å². The van der Waals surface area contributed by atoms with Crippen LogP contribution in [0.1, 0.15) is 10.4 Å². The molecule has 0 radical (unpaired) electrons. The van der Waals surface area contributed by atoms with Crippen LogP contribution < -0.4 is 0 Å². The lowest BCUT2D eigenvalue weighted by molar-refractivity contribution is 0.0691. The quantitative estimate of drug-likeness (QED) is 0.846. The van der Waals surface area contributed by atoms with Crippen LogP contribution in [0.4, 0.5) is 8.78 Å². The normalized spacial score (nSPS) is 10.7. The predicted molar refractivity (Wildman–Crippen MR) is 64.2 cm³/mol. The van der Waals surface area contributed by atoms with E-state index in [9.17, 15) is 16.6 Å². The van der Waals surface area contributed by atoms with Gasteiger partial charge >= 0.3 is 5.97 Å². The third-order valence-corrected chi connectivity index (χ3v) is 3.87. The van der Waals surface area contributed by atoms with Gasteiger partial charge in [0, 0.05) is 10.8 Å². The van der Waals surface area contributed by atoms with Crippen molar-refractivity contribution in [2.75, 3.05) is 0 Å². The lowest BCUT2D eigenvalue weighted by atomic mass is 10.1. The number of aromatic carboxylic acids is 1. The molecule has 0 bridgehead atoms. The Balaban J connectivity index is 3.00. The van der Waals surface area contributed by atoms with Crippen LogP contribution in [-0.4, -0.2) is 11.1 Å². The molecule has 0 aliphatic heterocycles. The fourth-order valence-corrected chi connectivity index (χ4v) is 3.01. The minimum atomic E-state index is -1.92. The Hall–Kier alpha value is -1.44. The first kappa shape index (κ1) is 12.0. The summed E-state index contributed by atoms with van der Waals surface area (Å²) in [4.78, 5) is 10.9. The molecule has 0 aliphatic rings. The maximum atomic E-state index is 13.5. The van der Waals surface area contributed by atoms with Crippen molar-refractivity contribution in [1.29, 1.82) is 0 Å². The van der Waals surface area contributed by atoms with Crippen LogP contribution >= 0.6 is 21.2 Å². The van der Waals surface area contributed by atoms with Gasteiger partial charge in [0.05, 0.1) is 3.57 Å². The first-order valence-corrected chi connectivity index (χ1v) is 6.43. The maximum absolute atomic E-state index is 13.5. The molecule has 0 aliphatic carbocycles. The molecule has 2 aromatic rings. The largest absolute Gasteiger partial charge is 0.478 e. The molecule has 3 nitrogen and oxygen atoms in total. The highest BCUT2D eigenvalue weighted by Gasteiger charge is 2.20. The lowest BCUT2D eigenvalue weighted by Crippen LogP contribution is -2.05. The fourth-order valence-electron chi connectivity index (χ4n) is 1.59. The molecule has 0 spiro atoms. The number of hydrogen-bond acceptors (Lipinski definition) is 2. The summed E-state index contributed by atoms with van der Waals surface area (Å²) in [6.07, 6.45) is 0. The first-order chi connectivity index (χ1) is 8.06. The summed E-state index contributed by atoms with van der Waals surface area (Å²) in [6, 6.07) is 4.74. The van der Waals surface area contributed by atoms with Crippen molar-refractivity contribution in [3.63, 3.8) is 0 Å². The van der Waals surface area contributed by atoms with Crippen LogP contribution in [0.25, 0.3) is 10.8 Å². The number of hydrogen-bond donors (Lipinski definition) is 1. The molecule has 0 unspecified atom stereocenters. The van der Waals surface area contributed by atoms with Crippen LogP contribution in [0.5, 0.6) is 0 Å². The molecule has 2 aromatic carbocycles. The van der Waals surface area contributed by atoms with Gasteiger partial charge in [0.25, 0.3) is 0 Å². The number of carbonyl (C=O) groups is 1. The van der Waals surface area contributed by atoms with E-state index in [1.165, 1.54) is 12.1 Å². The zero-order chi connectivity index (χ0) is 12.6. The summed E-state index contributed by atoms with van der Waals surface area (Å²) >= 11 is -1.92. The molecule has 17 heavy (non-hydrogen) atoms. The Bertz CT molecular complexity index is 640. The van der Waals surface area contributed by atoms with Crippen LogP contribution in [0.3, 0.4) is 0 Å². The second-order valence-corrected chi connectivity index (χ2v) is 4.78. The Kier molecular flexibility index (Phi) is 3.14. The third-order valence-electron chi connectivity index (χ3n) is 2.31. The minimum absolute atomic E-state index is 0.0550. The van der Waals surface area contributed by atoms with Crippen LogP contribution in [-0.2, 0) is 3.07 Å². The van der Waals surface area contributed by atoms with Crippen molar-refractivity contribution in [2.45, 2.75) is 0 Å². The number of carboxylic acids is 1. The summed E-state index contributed by atoms with van der Waals surface area (Å²) in [5.41, 5.74) is -0.633. The average molecular weight is 350 g/mol. The summed E-state index contributed by atoms with van der Waals surface area (Å²) in [7, 11) is 0. The summed E-state index contributed by atoms with van der Waals surface area (Å²) in [5, 5.41) is 8.98. The van der Waals surface area contributed by atoms with E-state index < -0.39 is 44.4 Å². The fraction of sp³-hybridized carbons (Fsp3) is 0. The number of rotatable bonds is 2. The maximum Gasteiger partial charge on any atom is 0.339 e. The van der Waals surface area contributed by atoms with E-state index in [2.05, 4.69) is 0 Å². The summed E-state index contributed by atoms with van der Waals surface area (Å²) in [6.45, 7) is 0. The second-order valence-electron chi connectivity index (χ2n) is 3.26. The van der Waals surface area contributed by atoms with Gasteiger partial charge in [-0.2, -0.15) is 0 Å². The van der Waals surface area contributed by atoms with Gasteiger partial charge in [-0.25, -0.2) is 13.6 Å². The molecule has 0 saturated carbocycles. The smallest absolute Gasteiger partial charge is 0.339 e. The first-order valence-electron chi connectivity index (χ1n) is 4.47. The van der Waals surface area contributed by atoms with Gasteiger partial charge in [-0.3, -0.25) is 3.07 Å². The zero-order valence-electron chi connectivity index (χ0n) is 8.21. The van der Waals surface area contributed by atoms with Crippen LogP contribution in [0.2, 0.25) is 0 Å². The summed E-state index contributed by atoms with van der Waals surface area (Å²) < 4.78 is 37.9. The van der Waals surface area contributed by atoms with Crippen molar-refractivity contribution >= 4 is 37.9 Å². The van der Waals surface area contributed by atoms with Crippen molar-refractivity contribution in [1.82, 2.24) is 0 Å². The van der Waals surface area contributed by atoms with E-state index in [1.54, 1.807) is 0 Å². The topological polar surface area (TPSA) is 54.4 Å². The molecule has 0 fully saturated rings. The molecule has 2 rings (SSSR count). The van der Waals surface area contributed by atoms with E-state index in [-0.39, 0.29) is 14.3 Å². The van der Waals surface area contributed by atoms with E-state index in [0.717, 1.165) is 12.1 Å². The van der Waals surface area contributed by atoms with Crippen LogP contribution in [0.15, 0.2) is 24.3 Å². The van der Waals surface area contributed by atoms with Gasteiger partial charge < -0.3 is 5.11 Å². The molecule has 0 amide bonds. The third kappa shape index (κ3) is 1.92. The monoisotopic (exact) mass is 350 g/mol. The van der Waals surface area contributed by atoms with Gasteiger partial charge in [-0.15, -0.1) is 0 Å². The van der Waals surface area contributed by atoms with Gasteiger partial charge in [-0.1, -0.05) is 12.1 Å². The second kappa shape index (κ2) is 4.44. The molecule has 6 heteroatoms. The van der Waals surface area contributed by atoms with Crippen molar-refractivity contribution < 1.29 is 21.8 Å². The molecular formula is C11H5F2IO3. The zero-order valence-corrected chi connectivity index (χ0v) is 10.4. The van der Waals surface area contributed by atoms with Gasteiger partial charge in [0.1, 0.15) is 17.2 Å². The molecule has 0 atom stereocenters. The Labute approximate surface area is 105 Å². The molecule has 88 valence electrons. The lowest BCUT2D eigenvalue weighted by Gasteiger charge is -2.06. The van der Waals surface area contributed by atoms with Gasteiger partial charge in [0.2, 0.25) is 0 Å². The van der Waals surface area contributed by atoms with Crippen molar-refractivity contribution in [2.24, 2.45) is 0 Å². The number of benzene rings is 2. The Morgan fingerprint density at radius 2 is 1.88 bits per heavy atom. The highest BCUT2D eigenvalue weighted by Crippen LogP contribution is 2.30. The highest BCUT2D eigenvalue weighted by molar-refractivity contribution is 14.1. The minimum Gasteiger partial charge on any atom is -0.478 e. The molecule has 1 N–H and O–H groups in total. The number of carboxylic acid groups (broad SMARTS) is 1. The number of halogens is 3. The predicted octanol–water partition coefficient (Wildman–Crippen LogP) is 3.30. The Morgan fingerprint density at radius 3 is 2.47 bits per heavy atom. The van der Waals surface area contributed by atoms with Crippen molar-refractivity contribution in [3.8, 4) is 0 Å². The van der Waals surface area contributed by atoms with Crippen molar-refractivity contribution in [3.05, 3.63) is 45.0 Å². The Morgan fingerprint density at radius 1 is 1.18 bits per heavy atom. The standard InChI is InChI=1S/C11H5F2IO3/c12-7-3-1-2-5-6(7)4-8(13)9(11(15)16)10(5)14-17/h1-4H,(H,15,16). The van der Waals surface area contributed by atoms with E-state index >= 15 is 0 Å². The molecular weight excluding hydrogens is 345 g/mol. The van der Waals surface area contributed by atoms with E-state index in [0.29, 0.717) is 0 Å². The van der Waals surface area contributed by atoms with Crippen LogP contribution in [0, 0.1) is 15.2 Å². The number of fused-ring (bicyclic) bond motifs is 1. The average Bonchev–Trinajstić information content (AvgIpc) is 2.28. The SMILES string of the molecule is O=Ic1c(C(=O)O)c(F)cc2c(F)cccc12. The molecule has 0 saturated heterocycles. The summed E-state index contributed by atoms with van der Waals surface area (Å²) in [5.74, 6) is -3.24. The highest BCUT2D eigenvalue weighted by atomic mass is 127. The van der Waals surface area contributed by atoms with Gasteiger partial charge in [0.15, 0.2) is 21.2 Å².